The van der Waals surface area contributed by atoms with Gasteiger partial charge in [-0.15, -0.1) is 22.7 Å². The summed E-state index contributed by atoms with van der Waals surface area (Å²) in [5.41, 5.74) is 6.28. The molecular weight excluding hydrogens is 487 g/mol. The summed E-state index contributed by atoms with van der Waals surface area (Å²) in [7, 11) is 0. The molecule has 0 saturated carbocycles. The van der Waals surface area contributed by atoms with Crippen LogP contribution in [0.1, 0.15) is 15.2 Å². The number of nitrogens with one attached hydrogen (secondary N) is 1. The minimum Gasteiger partial charge on any atom is -0.397 e. The number of benzene rings is 1. The van der Waals surface area contributed by atoms with Crippen molar-refractivity contribution in [2.45, 2.75) is 6.18 Å². The summed E-state index contributed by atoms with van der Waals surface area (Å²) >= 11 is 5.52. The Morgan fingerprint density at radius 2 is 1.97 bits per heavy atom. The molecule has 0 bridgehead atoms. The second kappa shape index (κ2) is 7.43. The number of hydrogen-bond donors (Lipinski definition) is 2. The van der Waals surface area contributed by atoms with Crippen LogP contribution >= 0.6 is 38.6 Å². The van der Waals surface area contributed by atoms with Crippen LogP contribution in [0.15, 0.2) is 52.3 Å². The van der Waals surface area contributed by atoms with Gasteiger partial charge < -0.3 is 11.1 Å². The van der Waals surface area contributed by atoms with E-state index in [1.807, 2.05) is 23.6 Å². The number of carbonyl (C=O) groups excluding carboxylic acids is 1. The van der Waals surface area contributed by atoms with Crippen LogP contribution in [0.2, 0.25) is 0 Å². The monoisotopic (exact) mass is 497 g/mol. The topological polar surface area (TPSA) is 68.0 Å². The van der Waals surface area contributed by atoms with E-state index in [-0.39, 0.29) is 20.7 Å². The lowest BCUT2D eigenvalue weighted by atomic mass is 10.2. The van der Waals surface area contributed by atoms with Crippen molar-refractivity contribution in [3.63, 3.8) is 0 Å². The molecule has 0 saturated heterocycles. The van der Waals surface area contributed by atoms with E-state index in [9.17, 15) is 18.0 Å². The third-order valence-corrected chi connectivity index (χ3v) is 6.80. The van der Waals surface area contributed by atoms with Crippen molar-refractivity contribution in [1.29, 1.82) is 0 Å². The number of amides is 1. The maximum absolute atomic E-state index is 13.1. The molecule has 0 aliphatic rings. The summed E-state index contributed by atoms with van der Waals surface area (Å²) < 4.78 is 39.1. The van der Waals surface area contributed by atoms with Gasteiger partial charge in [-0.25, -0.2) is 4.98 Å². The van der Waals surface area contributed by atoms with Gasteiger partial charge in [-0.1, -0.05) is 22.0 Å². The van der Waals surface area contributed by atoms with Crippen LogP contribution in [0.3, 0.4) is 0 Å². The van der Waals surface area contributed by atoms with E-state index in [1.165, 1.54) is 12.1 Å². The van der Waals surface area contributed by atoms with E-state index >= 15 is 0 Å². The lowest BCUT2D eigenvalue weighted by Gasteiger charge is -2.11. The van der Waals surface area contributed by atoms with Gasteiger partial charge >= 0.3 is 6.18 Å². The predicted molar refractivity (Wildman–Crippen MR) is 114 cm³/mol. The fourth-order valence-electron chi connectivity index (χ4n) is 2.74. The van der Waals surface area contributed by atoms with E-state index < -0.39 is 17.6 Å². The fraction of sp³-hybridized carbons (Fsp3) is 0.0526. The third-order valence-electron chi connectivity index (χ3n) is 4.10. The molecule has 1 aromatic carbocycles. The number of hydrogen-bond acceptors (Lipinski definition) is 5. The highest BCUT2D eigenvalue weighted by atomic mass is 79.9. The normalized spacial score (nSPS) is 11.7. The van der Waals surface area contributed by atoms with Crippen LogP contribution in [0.5, 0.6) is 0 Å². The van der Waals surface area contributed by atoms with Crippen LogP contribution in [-0.2, 0) is 6.18 Å². The minimum atomic E-state index is -4.54. The summed E-state index contributed by atoms with van der Waals surface area (Å²) in [4.78, 5) is 19.0. The van der Waals surface area contributed by atoms with E-state index in [2.05, 4.69) is 26.2 Å². The molecule has 148 valence electrons. The zero-order valence-electron chi connectivity index (χ0n) is 14.4. The molecule has 1 amide bonds. The van der Waals surface area contributed by atoms with E-state index in [0.29, 0.717) is 10.2 Å². The highest BCUT2D eigenvalue weighted by molar-refractivity contribution is 9.10. The molecule has 0 aliphatic carbocycles. The first-order valence-electron chi connectivity index (χ1n) is 8.15. The van der Waals surface area contributed by atoms with Crippen molar-refractivity contribution in [1.82, 2.24) is 4.98 Å². The van der Waals surface area contributed by atoms with Crippen molar-refractivity contribution in [2.24, 2.45) is 0 Å². The van der Waals surface area contributed by atoms with Gasteiger partial charge in [0, 0.05) is 15.5 Å². The van der Waals surface area contributed by atoms with Gasteiger partial charge in [0.2, 0.25) is 0 Å². The maximum Gasteiger partial charge on any atom is 0.417 e. The second-order valence-electron chi connectivity index (χ2n) is 6.02. The number of alkyl halides is 3. The summed E-state index contributed by atoms with van der Waals surface area (Å²) in [6.07, 6.45) is -4.54. The largest absolute Gasteiger partial charge is 0.417 e. The molecule has 0 radical (unpaired) electrons. The van der Waals surface area contributed by atoms with E-state index in [1.54, 1.807) is 17.4 Å². The van der Waals surface area contributed by atoms with Gasteiger partial charge in [0.05, 0.1) is 21.8 Å². The average molecular weight is 498 g/mol. The Balaban J connectivity index is 1.66. The van der Waals surface area contributed by atoms with Gasteiger partial charge in [-0.05, 0) is 41.8 Å². The van der Waals surface area contributed by atoms with E-state index in [4.69, 9.17) is 5.73 Å². The molecule has 10 heteroatoms. The molecule has 0 atom stereocenters. The molecule has 3 aromatic heterocycles. The molecule has 4 aromatic rings. The maximum atomic E-state index is 13.1. The fourth-order valence-corrected chi connectivity index (χ4v) is 4.89. The molecule has 3 heterocycles. The van der Waals surface area contributed by atoms with Crippen molar-refractivity contribution >= 4 is 66.1 Å². The Labute approximate surface area is 179 Å². The molecule has 0 aliphatic heterocycles. The lowest BCUT2D eigenvalue weighted by Crippen LogP contribution is -2.13. The number of thiophene rings is 2. The minimum absolute atomic E-state index is 0.0228. The zero-order chi connectivity index (χ0) is 20.8. The Bertz CT molecular complexity index is 1220. The number of nitrogen functional groups attached to an aromatic ring is 1. The van der Waals surface area contributed by atoms with Crippen molar-refractivity contribution in [3.05, 3.63) is 62.8 Å². The molecule has 4 nitrogen and oxygen atoms in total. The van der Waals surface area contributed by atoms with E-state index in [0.717, 1.165) is 28.0 Å². The highest BCUT2D eigenvalue weighted by Crippen LogP contribution is 2.38. The van der Waals surface area contributed by atoms with Crippen LogP contribution in [-0.4, -0.2) is 10.9 Å². The number of aromatic nitrogens is 1. The number of fused-ring (bicyclic) bond motifs is 1. The Kier molecular flexibility index (Phi) is 5.09. The molecule has 0 spiro atoms. The van der Waals surface area contributed by atoms with Crippen molar-refractivity contribution in [3.8, 4) is 10.6 Å². The molecule has 29 heavy (non-hydrogen) atoms. The first kappa shape index (κ1) is 19.9. The summed E-state index contributed by atoms with van der Waals surface area (Å²) in [5, 5.41) is 5.06. The molecular formula is C19H11BrF3N3OS2. The third kappa shape index (κ3) is 3.87. The summed E-state index contributed by atoms with van der Waals surface area (Å²) in [6.45, 7) is 0. The summed E-state index contributed by atoms with van der Waals surface area (Å²) in [6, 6.07) is 11.0. The predicted octanol–water partition coefficient (Wildman–Crippen LogP) is 6.64. The van der Waals surface area contributed by atoms with Gasteiger partial charge in [0.25, 0.3) is 5.91 Å². The lowest BCUT2D eigenvalue weighted by molar-refractivity contribution is -0.138. The SMILES string of the molecule is Nc1c(C(=O)Nc2ccc(Br)c(C(F)(F)F)c2)sc2nc(-c3cccs3)ccc12. The number of anilines is 2. The number of carbonyl (C=O) groups is 1. The van der Waals surface area contributed by atoms with Gasteiger partial charge in [0.15, 0.2) is 0 Å². The summed E-state index contributed by atoms with van der Waals surface area (Å²) in [5.74, 6) is -0.585. The molecule has 0 unspecified atom stereocenters. The highest BCUT2D eigenvalue weighted by Gasteiger charge is 2.33. The van der Waals surface area contributed by atoms with Crippen LogP contribution in [0, 0.1) is 0 Å². The van der Waals surface area contributed by atoms with Gasteiger partial charge in [-0.3, -0.25) is 4.79 Å². The van der Waals surface area contributed by atoms with Gasteiger partial charge in [0.1, 0.15) is 9.71 Å². The molecule has 4 rings (SSSR count). The van der Waals surface area contributed by atoms with Crippen molar-refractivity contribution < 1.29 is 18.0 Å². The first-order chi connectivity index (χ1) is 13.7. The number of nitrogens with two attached hydrogens (primary N) is 1. The number of pyridine rings is 1. The molecule has 0 fully saturated rings. The number of halogens is 4. The Morgan fingerprint density at radius 1 is 1.17 bits per heavy atom. The quantitative estimate of drug-likeness (QED) is 0.333. The van der Waals surface area contributed by atoms with Crippen LogP contribution in [0.25, 0.3) is 20.8 Å². The smallest absolute Gasteiger partial charge is 0.397 e. The Morgan fingerprint density at radius 3 is 2.66 bits per heavy atom. The van der Waals surface area contributed by atoms with Crippen LogP contribution < -0.4 is 11.1 Å². The van der Waals surface area contributed by atoms with Gasteiger partial charge in [-0.2, -0.15) is 13.2 Å². The average Bonchev–Trinajstić information content (AvgIpc) is 3.30. The van der Waals surface area contributed by atoms with Crippen molar-refractivity contribution in [2.75, 3.05) is 11.1 Å². The Hall–Kier alpha value is -2.43. The second-order valence-corrected chi connectivity index (χ2v) is 8.82. The first-order valence-corrected chi connectivity index (χ1v) is 10.6. The van der Waals surface area contributed by atoms with Crippen LogP contribution in [0.4, 0.5) is 24.5 Å². The number of nitrogens with zero attached hydrogens (tertiary/aromatic N) is 1. The zero-order valence-corrected chi connectivity index (χ0v) is 17.6. The number of rotatable bonds is 3. The molecule has 3 N–H and O–H groups in total. The standard InChI is InChI=1S/C19H11BrF3N3OS2/c20-12-5-3-9(8-11(12)19(21,22)23)25-17(27)16-15(24)10-4-6-13(26-18(10)29-16)14-2-1-7-28-14/h1-8H,24H2,(H,25,27).